The van der Waals surface area contributed by atoms with Gasteiger partial charge in [0.05, 0.1) is 5.56 Å². The van der Waals surface area contributed by atoms with E-state index >= 15 is 0 Å². The van der Waals surface area contributed by atoms with Gasteiger partial charge < -0.3 is 9.64 Å². The zero-order chi connectivity index (χ0) is 14.4. The lowest BCUT2D eigenvalue weighted by atomic mass is 10.2. The van der Waals surface area contributed by atoms with Crippen molar-refractivity contribution in [2.24, 2.45) is 0 Å². The summed E-state index contributed by atoms with van der Waals surface area (Å²) in [5.74, 6) is 0.241. The van der Waals surface area contributed by atoms with Crippen molar-refractivity contribution in [3.63, 3.8) is 0 Å². The maximum atomic E-state index is 12.0. The molecule has 0 amide bonds. The molecule has 104 valence electrons. The third-order valence-electron chi connectivity index (χ3n) is 3.17. The van der Waals surface area contributed by atoms with Crippen LogP contribution in [0.15, 0.2) is 54.6 Å². The summed E-state index contributed by atoms with van der Waals surface area (Å²) in [4.78, 5) is 14.2. The van der Waals surface area contributed by atoms with Gasteiger partial charge in [-0.15, -0.1) is 0 Å². The predicted molar refractivity (Wildman–Crippen MR) is 81.4 cm³/mol. The number of carbonyl (C=O) groups excluding carboxylic acids is 1. The maximum absolute atomic E-state index is 12.0. The second-order valence-electron chi connectivity index (χ2n) is 4.43. The Balaban J connectivity index is 2.14. The predicted octanol–water partition coefficient (Wildman–Crippen LogP) is 3.75. The van der Waals surface area contributed by atoms with E-state index in [-0.39, 0.29) is 5.97 Å². The van der Waals surface area contributed by atoms with Crippen LogP contribution in [0.2, 0.25) is 0 Å². The zero-order valence-corrected chi connectivity index (χ0v) is 11.9. The SMILES string of the molecule is CCN(CC)c1cccc(OC(=O)c2ccccc2)c1. The molecule has 0 bridgehead atoms. The van der Waals surface area contributed by atoms with Gasteiger partial charge in [0.2, 0.25) is 0 Å². The topological polar surface area (TPSA) is 29.5 Å². The molecular weight excluding hydrogens is 250 g/mol. The van der Waals surface area contributed by atoms with Crippen LogP contribution in [0, 0.1) is 0 Å². The molecule has 0 unspecified atom stereocenters. The molecule has 0 spiro atoms. The van der Waals surface area contributed by atoms with Crippen molar-refractivity contribution in [3.8, 4) is 5.75 Å². The number of hydrogen-bond acceptors (Lipinski definition) is 3. The summed E-state index contributed by atoms with van der Waals surface area (Å²) in [6, 6.07) is 16.6. The number of nitrogens with zero attached hydrogens (tertiary/aromatic N) is 1. The van der Waals surface area contributed by atoms with Crippen LogP contribution in [-0.4, -0.2) is 19.1 Å². The average Bonchev–Trinajstić information content (AvgIpc) is 2.50. The van der Waals surface area contributed by atoms with Crippen molar-refractivity contribution in [2.45, 2.75) is 13.8 Å². The van der Waals surface area contributed by atoms with E-state index in [2.05, 4.69) is 18.7 Å². The first kappa shape index (κ1) is 14.1. The van der Waals surface area contributed by atoms with Crippen LogP contribution in [0.25, 0.3) is 0 Å². The molecule has 2 aromatic rings. The number of rotatable bonds is 5. The molecule has 0 aliphatic rings. The number of anilines is 1. The fraction of sp³-hybridized carbons (Fsp3) is 0.235. The summed E-state index contributed by atoms with van der Waals surface area (Å²) in [6.07, 6.45) is 0. The minimum atomic E-state index is -0.331. The van der Waals surface area contributed by atoms with E-state index in [0.29, 0.717) is 11.3 Å². The fourth-order valence-electron chi connectivity index (χ4n) is 2.07. The minimum Gasteiger partial charge on any atom is -0.423 e. The minimum absolute atomic E-state index is 0.331. The molecule has 0 aliphatic carbocycles. The highest BCUT2D eigenvalue weighted by Crippen LogP contribution is 2.21. The summed E-state index contributed by atoms with van der Waals surface area (Å²) in [7, 11) is 0. The van der Waals surface area contributed by atoms with Gasteiger partial charge in [-0.05, 0) is 38.1 Å². The van der Waals surface area contributed by atoms with Gasteiger partial charge in [0, 0.05) is 24.8 Å². The molecule has 0 heterocycles. The van der Waals surface area contributed by atoms with Crippen molar-refractivity contribution in [1.29, 1.82) is 0 Å². The maximum Gasteiger partial charge on any atom is 0.343 e. The van der Waals surface area contributed by atoms with Crippen LogP contribution >= 0.6 is 0 Å². The molecular formula is C17H19NO2. The van der Waals surface area contributed by atoms with Crippen molar-refractivity contribution in [3.05, 3.63) is 60.2 Å². The lowest BCUT2D eigenvalue weighted by molar-refractivity contribution is 0.0735. The van der Waals surface area contributed by atoms with Crippen molar-refractivity contribution in [2.75, 3.05) is 18.0 Å². The fourth-order valence-corrected chi connectivity index (χ4v) is 2.07. The Bertz CT molecular complexity index is 562. The van der Waals surface area contributed by atoms with Gasteiger partial charge in [0.15, 0.2) is 0 Å². The second-order valence-corrected chi connectivity index (χ2v) is 4.43. The summed E-state index contributed by atoms with van der Waals surface area (Å²) >= 11 is 0. The Morgan fingerprint density at radius 2 is 1.70 bits per heavy atom. The van der Waals surface area contributed by atoms with E-state index in [1.807, 2.05) is 36.4 Å². The van der Waals surface area contributed by atoms with Crippen LogP contribution in [-0.2, 0) is 0 Å². The number of esters is 1. The van der Waals surface area contributed by atoms with E-state index in [1.165, 1.54) is 0 Å². The Labute approximate surface area is 119 Å². The van der Waals surface area contributed by atoms with Gasteiger partial charge in [0.25, 0.3) is 0 Å². The van der Waals surface area contributed by atoms with Crippen LogP contribution in [0.5, 0.6) is 5.75 Å². The number of hydrogen-bond donors (Lipinski definition) is 0. The third-order valence-corrected chi connectivity index (χ3v) is 3.17. The number of ether oxygens (including phenoxy) is 1. The van der Waals surface area contributed by atoms with Gasteiger partial charge in [-0.25, -0.2) is 4.79 Å². The normalized spacial score (nSPS) is 10.1. The molecule has 20 heavy (non-hydrogen) atoms. The van der Waals surface area contributed by atoms with Gasteiger partial charge in [-0.3, -0.25) is 0 Å². The molecule has 2 aromatic carbocycles. The first-order valence-corrected chi connectivity index (χ1v) is 6.86. The lowest BCUT2D eigenvalue weighted by Gasteiger charge is -2.21. The van der Waals surface area contributed by atoms with Gasteiger partial charge in [-0.1, -0.05) is 24.3 Å². The molecule has 2 rings (SSSR count). The molecule has 3 heteroatoms. The van der Waals surface area contributed by atoms with E-state index in [0.717, 1.165) is 18.8 Å². The highest BCUT2D eigenvalue weighted by Gasteiger charge is 2.09. The van der Waals surface area contributed by atoms with E-state index in [9.17, 15) is 4.79 Å². The van der Waals surface area contributed by atoms with Crippen molar-refractivity contribution in [1.82, 2.24) is 0 Å². The summed E-state index contributed by atoms with van der Waals surface area (Å²) in [6.45, 7) is 6.05. The first-order valence-electron chi connectivity index (χ1n) is 6.86. The second kappa shape index (κ2) is 6.75. The van der Waals surface area contributed by atoms with Gasteiger partial charge >= 0.3 is 5.97 Å². The van der Waals surface area contributed by atoms with E-state index in [4.69, 9.17) is 4.74 Å². The van der Waals surface area contributed by atoms with Crippen molar-refractivity contribution >= 4 is 11.7 Å². The van der Waals surface area contributed by atoms with Crippen LogP contribution in [0.1, 0.15) is 24.2 Å². The van der Waals surface area contributed by atoms with Crippen LogP contribution in [0.3, 0.4) is 0 Å². The Hall–Kier alpha value is -2.29. The Kier molecular flexibility index (Phi) is 4.77. The monoisotopic (exact) mass is 269 g/mol. The first-order chi connectivity index (χ1) is 9.74. The Morgan fingerprint density at radius 3 is 2.35 bits per heavy atom. The number of carbonyl (C=O) groups is 1. The molecule has 0 aromatic heterocycles. The summed E-state index contributed by atoms with van der Waals surface area (Å²) in [5.41, 5.74) is 1.62. The molecule has 0 aliphatic heterocycles. The molecule has 0 saturated carbocycles. The van der Waals surface area contributed by atoms with E-state index in [1.54, 1.807) is 18.2 Å². The van der Waals surface area contributed by atoms with Crippen LogP contribution in [0.4, 0.5) is 5.69 Å². The largest absolute Gasteiger partial charge is 0.423 e. The van der Waals surface area contributed by atoms with E-state index < -0.39 is 0 Å². The average molecular weight is 269 g/mol. The molecule has 3 nitrogen and oxygen atoms in total. The summed E-state index contributed by atoms with van der Waals surface area (Å²) < 4.78 is 5.41. The number of benzene rings is 2. The van der Waals surface area contributed by atoms with Crippen LogP contribution < -0.4 is 9.64 Å². The highest BCUT2D eigenvalue weighted by atomic mass is 16.5. The molecule has 0 N–H and O–H groups in total. The third kappa shape index (κ3) is 3.38. The Morgan fingerprint density at radius 1 is 1.00 bits per heavy atom. The quantitative estimate of drug-likeness (QED) is 0.611. The highest BCUT2D eigenvalue weighted by molar-refractivity contribution is 5.91. The van der Waals surface area contributed by atoms with Gasteiger partial charge in [-0.2, -0.15) is 0 Å². The molecule has 0 atom stereocenters. The molecule has 0 saturated heterocycles. The zero-order valence-electron chi connectivity index (χ0n) is 11.9. The molecule has 0 radical (unpaired) electrons. The van der Waals surface area contributed by atoms with Crippen molar-refractivity contribution < 1.29 is 9.53 Å². The smallest absolute Gasteiger partial charge is 0.343 e. The summed E-state index contributed by atoms with van der Waals surface area (Å²) in [5, 5.41) is 0. The van der Waals surface area contributed by atoms with Gasteiger partial charge in [0.1, 0.15) is 5.75 Å². The standard InChI is InChI=1S/C17H19NO2/c1-3-18(4-2)15-11-8-12-16(13-15)20-17(19)14-9-6-5-7-10-14/h5-13H,3-4H2,1-2H3. The molecule has 0 fully saturated rings. The lowest BCUT2D eigenvalue weighted by Crippen LogP contribution is -2.21.